The number of rotatable bonds is 7. The average molecular weight is 715 g/mol. The number of hydrogen-bond acceptors (Lipinski definition) is 4. The van der Waals surface area contributed by atoms with Gasteiger partial charge in [-0.3, -0.25) is 4.98 Å². The Morgan fingerprint density at radius 3 is 1.39 bits per heavy atom. The molecule has 0 amide bonds. The zero-order valence-corrected chi connectivity index (χ0v) is 30.4. The van der Waals surface area contributed by atoms with Crippen molar-refractivity contribution in [3.8, 4) is 78.7 Å². The van der Waals surface area contributed by atoms with Gasteiger partial charge in [0.05, 0.1) is 28.3 Å². The summed E-state index contributed by atoms with van der Waals surface area (Å²) in [5, 5.41) is 3.43. The molecule has 0 aliphatic carbocycles. The van der Waals surface area contributed by atoms with E-state index in [-0.39, 0.29) is 0 Å². The lowest BCUT2D eigenvalue weighted by molar-refractivity contribution is 1.18. The maximum absolute atomic E-state index is 5.06. The monoisotopic (exact) mass is 714 g/mol. The van der Waals surface area contributed by atoms with Crippen LogP contribution in [-0.2, 0) is 0 Å². The highest BCUT2D eigenvalue weighted by Crippen LogP contribution is 2.34. The molecule has 10 aromatic rings. The van der Waals surface area contributed by atoms with Gasteiger partial charge in [0.1, 0.15) is 0 Å². The minimum Gasteiger partial charge on any atom is -0.254 e. The van der Waals surface area contributed by atoms with Gasteiger partial charge in [0.15, 0.2) is 5.82 Å². The van der Waals surface area contributed by atoms with Crippen molar-refractivity contribution in [2.75, 3.05) is 0 Å². The van der Waals surface area contributed by atoms with Crippen LogP contribution in [0.1, 0.15) is 0 Å². The lowest BCUT2D eigenvalue weighted by atomic mass is 9.97. The molecule has 0 N–H and O–H groups in total. The summed E-state index contributed by atoms with van der Waals surface area (Å²) in [6, 6.07) is 69.5. The third kappa shape index (κ3) is 6.40. The molecule has 4 heteroatoms. The Bertz CT molecular complexity index is 2980. The van der Waals surface area contributed by atoms with Gasteiger partial charge in [0.2, 0.25) is 0 Å². The fraction of sp³-hybridized carbons (Fsp3) is 0. The van der Waals surface area contributed by atoms with Crippen LogP contribution < -0.4 is 0 Å². The molecule has 0 spiro atoms. The molecule has 56 heavy (non-hydrogen) atoms. The van der Waals surface area contributed by atoms with E-state index >= 15 is 0 Å². The van der Waals surface area contributed by atoms with Gasteiger partial charge < -0.3 is 0 Å². The van der Waals surface area contributed by atoms with Gasteiger partial charge in [-0.05, 0) is 57.5 Å². The Morgan fingerprint density at radius 1 is 0.268 bits per heavy atom. The predicted octanol–water partition coefficient (Wildman–Crippen LogP) is 13.2. The maximum Gasteiger partial charge on any atom is 0.160 e. The lowest BCUT2D eigenvalue weighted by Gasteiger charge is -2.11. The third-order valence-corrected chi connectivity index (χ3v) is 10.4. The molecule has 0 bridgehead atoms. The minimum absolute atomic E-state index is 0.700. The molecule has 4 nitrogen and oxygen atoms in total. The number of benzene rings is 7. The highest BCUT2D eigenvalue weighted by atomic mass is 14.9. The Balaban J connectivity index is 0.948. The fourth-order valence-corrected chi connectivity index (χ4v) is 7.44. The van der Waals surface area contributed by atoms with Gasteiger partial charge in [-0.2, -0.15) is 0 Å². The summed E-state index contributed by atoms with van der Waals surface area (Å²) < 4.78 is 0. The van der Waals surface area contributed by atoms with Crippen molar-refractivity contribution in [3.05, 3.63) is 206 Å². The van der Waals surface area contributed by atoms with E-state index in [1.54, 1.807) is 0 Å². The van der Waals surface area contributed by atoms with Gasteiger partial charge in [0, 0.05) is 39.2 Å². The van der Waals surface area contributed by atoms with E-state index in [2.05, 4.69) is 170 Å². The van der Waals surface area contributed by atoms with Crippen molar-refractivity contribution in [3.63, 3.8) is 0 Å². The van der Waals surface area contributed by atoms with E-state index in [9.17, 15) is 0 Å². The summed E-state index contributed by atoms with van der Waals surface area (Å²) in [7, 11) is 0. The molecule has 0 aliphatic rings. The number of pyridine rings is 2. The fourth-order valence-electron chi connectivity index (χ4n) is 7.44. The first-order valence-electron chi connectivity index (χ1n) is 18.8. The van der Waals surface area contributed by atoms with Gasteiger partial charge in [-0.15, -0.1) is 0 Å². The summed E-state index contributed by atoms with van der Waals surface area (Å²) in [5.74, 6) is 0.700. The zero-order valence-electron chi connectivity index (χ0n) is 30.4. The largest absolute Gasteiger partial charge is 0.254 e. The second-order valence-electron chi connectivity index (χ2n) is 13.9. The van der Waals surface area contributed by atoms with Crippen molar-refractivity contribution in [1.29, 1.82) is 0 Å². The number of hydrogen-bond donors (Lipinski definition) is 0. The van der Waals surface area contributed by atoms with Crippen LogP contribution in [-0.4, -0.2) is 19.9 Å². The molecular formula is C52H34N4. The quantitative estimate of drug-likeness (QED) is 0.154. The van der Waals surface area contributed by atoms with Gasteiger partial charge in [0.25, 0.3) is 0 Å². The molecule has 3 aromatic heterocycles. The van der Waals surface area contributed by atoms with Gasteiger partial charge in [-0.1, -0.05) is 176 Å². The lowest BCUT2D eigenvalue weighted by Crippen LogP contribution is -1.96. The molecule has 0 aliphatic heterocycles. The molecule has 0 atom stereocenters. The highest BCUT2D eigenvalue weighted by molar-refractivity contribution is 6.10. The van der Waals surface area contributed by atoms with Crippen LogP contribution in [0.5, 0.6) is 0 Å². The van der Waals surface area contributed by atoms with Crippen LogP contribution >= 0.6 is 0 Å². The molecule has 0 saturated carbocycles. The van der Waals surface area contributed by atoms with E-state index in [4.69, 9.17) is 19.9 Å². The molecule has 0 unspecified atom stereocenters. The second-order valence-corrected chi connectivity index (χ2v) is 13.9. The Hall–Kier alpha value is -7.56. The Labute approximate surface area is 325 Å². The normalized spacial score (nSPS) is 11.2. The molecule has 262 valence electrons. The number of aromatic nitrogens is 4. The second kappa shape index (κ2) is 14.3. The van der Waals surface area contributed by atoms with E-state index in [1.165, 1.54) is 16.5 Å². The van der Waals surface area contributed by atoms with Crippen LogP contribution in [0, 0.1) is 0 Å². The average Bonchev–Trinajstić information content (AvgIpc) is 3.29. The van der Waals surface area contributed by atoms with Crippen molar-refractivity contribution in [2.45, 2.75) is 0 Å². The van der Waals surface area contributed by atoms with Crippen molar-refractivity contribution >= 4 is 21.7 Å². The van der Waals surface area contributed by atoms with Crippen molar-refractivity contribution in [1.82, 2.24) is 19.9 Å². The summed E-state index contributed by atoms with van der Waals surface area (Å²) in [6.45, 7) is 0. The number of para-hydroxylation sites is 1. The molecule has 7 aromatic carbocycles. The van der Waals surface area contributed by atoms with Crippen LogP contribution in [0.4, 0.5) is 0 Å². The summed E-state index contributed by atoms with van der Waals surface area (Å²) in [5.41, 5.74) is 14.3. The summed E-state index contributed by atoms with van der Waals surface area (Å²) >= 11 is 0. The molecular weight excluding hydrogens is 681 g/mol. The molecule has 0 radical (unpaired) electrons. The van der Waals surface area contributed by atoms with E-state index in [0.29, 0.717) is 5.82 Å². The van der Waals surface area contributed by atoms with Crippen LogP contribution in [0.25, 0.3) is 100 Å². The SMILES string of the molecule is c1ccc(-c2ccc(-c3cc(-c4ccc(-c5cccc(-c6ccc(-c7nc8ccccc8c8ccccc78)nc6)c5)cc4)nc(-c4ccccc4)n3)cc2)cc1. The maximum atomic E-state index is 5.06. The van der Waals surface area contributed by atoms with E-state index in [0.717, 1.165) is 78.0 Å². The Kier molecular flexibility index (Phi) is 8.47. The third-order valence-electron chi connectivity index (χ3n) is 10.4. The van der Waals surface area contributed by atoms with Crippen molar-refractivity contribution in [2.24, 2.45) is 0 Å². The highest BCUT2D eigenvalue weighted by Gasteiger charge is 2.14. The number of fused-ring (bicyclic) bond motifs is 3. The smallest absolute Gasteiger partial charge is 0.160 e. The van der Waals surface area contributed by atoms with E-state index in [1.807, 2.05) is 36.5 Å². The molecule has 0 fully saturated rings. The first kappa shape index (κ1) is 33.0. The standard InChI is InChI=1S/C52H34N4/c1-3-12-35(13-4-1)36-22-26-38(27-23-36)49-33-50(56-52(55-49)40-14-5-2-6-15-40)39-28-24-37(25-29-39)41-16-11-17-42(32-41)43-30-31-48(53-34-43)51-46-20-8-7-18-44(46)45-19-9-10-21-47(45)54-51/h1-34H. The number of nitrogens with zero attached hydrogens (tertiary/aromatic N) is 4. The topological polar surface area (TPSA) is 51.6 Å². The summed E-state index contributed by atoms with van der Waals surface area (Å²) in [4.78, 5) is 20.1. The van der Waals surface area contributed by atoms with Crippen LogP contribution in [0.15, 0.2) is 206 Å². The van der Waals surface area contributed by atoms with Gasteiger partial charge >= 0.3 is 0 Å². The van der Waals surface area contributed by atoms with Gasteiger partial charge in [-0.25, -0.2) is 15.0 Å². The first-order valence-corrected chi connectivity index (χ1v) is 18.8. The molecule has 3 heterocycles. The first-order chi connectivity index (χ1) is 27.7. The predicted molar refractivity (Wildman–Crippen MR) is 231 cm³/mol. The molecule has 0 saturated heterocycles. The van der Waals surface area contributed by atoms with E-state index < -0.39 is 0 Å². The Morgan fingerprint density at radius 2 is 0.750 bits per heavy atom. The minimum atomic E-state index is 0.700. The summed E-state index contributed by atoms with van der Waals surface area (Å²) in [6.07, 6.45) is 1.95. The van der Waals surface area contributed by atoms with Crippen LogP contribution in [0.3, 0.4) is 0 Å². The van der Waals surface area contributed by atoms with Crippen molar-refractivity contribution < 1.29 is 0 Å². The van der Waals surface area contributed by atoms with Crippen LogP contribution in [0.2, 0.25) is 0 Å². The zero-order chi connectivity index (χ0) is 37.3. The molecule has 10 rings (SSSR count).